The highest BCUT2D eigenvalue weighted by Gasteiger charge is 2.28. The van der Waals surface area contributed by atoms with Gasteiger partial charge in [0.05, 0.1) is 9.72 Å². The van der Waals surface area contributed by atoms with Gasteiger partial charge in [-0.3, -0.25) is 0 Å². The Labute approximate surface area is 114 Å². The van der Waals surface area contributed by atoms with E-state index in [-0.39, 0.29) is 11.3 Å². The highest BCUT2D eigenvalue weighted by molar-refractivity contribution is 7.17. The molecule has 1 aromatic carbocycles. The Morgan fingerprint density at radius 1 is 1.39 bits per heavy atom. The molecule has 1 heterocycles. The van der Waals surface area contributed by atoms with E-state index in [0.29, 0.717) is 0 Å². The normalized spacial score (nSPS) is 20.9. The number of thiophene rings is 1. The van der Waals surface area contributed by atoms with E-state index >= 15 is 0 Å². The van der Waals surface area contributed by atoms with E-state index in [4.69, 9.17) is 11.6 Å². The van der Waals surface area contributed by atoms with Crippen molar-refractivity contribution >= 4 is 51.5 Å². The molecule has 2 aromatic rings. The molecular formula is C15H13ClOS. The number of hydrogen-bond donors (Lipinski definition) is 0. The molecule has 3 heteroatoms. The molecule has 1 aromatic heterocycles. The molecular weight excluding hydrogens is 264 g/mol. The third kappa shape index (κ3) is 1.63. The third-order valence-corrected chi connectivity index (χ3v) is 5.23. The maximum absolute atomic E-state index is 11.2. The summed E-state index contributed by atoms with van der Waals surface area (Å²) in [5.74, 6) is -0.0585. The first-order valence-corrected chi connectivity index (χ1v) is 7.09. The molecule has 0 saturated heterocycles. The zero-order chi connectivity index (χ0) is 12.9. The molecule has 18 heavy (non-hydrogen) atoms. The van der Waals surface area contributed by atoms with Gasteiger partial charge in [-0.25, -0.2) is 0 Å². The van der Waals surface area contributed by atoms with Crippen LogP contribution in [0.25, 0.3) is 22.2 Å². The van der Waals surface area contributed by atoms with Gasteiger partial charge in [-0.05, 0) is 16.7 Å². The van der Waals surface area contributed by atoms with Gasteiger partial charge in [0, 0.05) is 15.8 Å². The Bertz CT molecular complexity index is 755. The molecule has 0 aliphatic heterocycles. The van der Waals surface area contributed by atoms with Crippen molar-refractivity contribution in [2.45, 2.75) is 13.8 Å². The molecule has 3 rings (SSSR count). The van der Waals surface area contributed by atoms with Crippen LogP contribution in [0, 0.1) is 11.3 Å². The summed E-state index contributed by atoms with van der Waals surface area (Å²) in [5.41, 5.74) is -0.134. The fourth-order valence-electron chi connectivity index (χ4n) is 2.46. The lowest BCUT2D eigenvalue weighted by Crippen LogP contribution is -2.34. The Kier molecular flexibility index (Phi) is 2.61. The minimum absolute atomic E-state index is 0.0585. The van der Waals surface area contributed by atoms with Crippen LogP contribution in [-0.2, 0) is 4.79 Å². The van der Waals surface area contributed by atoms with Crippen LogP contribution < -0.4 is 9.75 Å². The van der Waals surface area contributed by atoms with Crippen molar-refractivity contribution < 1.29 is 4.79 Å². The first-order chi connectivity index (χ1) is 8.53. The summed E-state index contributed by atoms with van der Waals surface area (Å²) in [5, 5.41) is 3.20. The van der Waals surface area contributed by atoms with Crippen LogP contribution in [0.5, 0.6) is 0 Å². The Hall–Kier alpha value is -1.12. The second-order valence-electron chi connectivity index (χ2n) is 5.29. The number of fused-ring (bicyclic) bond motifs is 3. The van der Waals surface area contributed by atoms with Crippen molar-refractivity contribution in [3.8, 4) is 0 Å². The number of carbonyl (C=O) groups is 1. The lowest BCUT2D eigenvalue weighted by molar-refractivity contribution is -0.111. The molecule has 1 aliphatic carbocycles. The highest BCUT2D eigenvalue weighted by atomic mass is 35.5. The summed E-state index contributed by atoms with van der Waals surface area (Å²) in [6.45, 7) is 4.19. The molecule has 1 atom stereocenters. The van der Waals surface area contributed by atoms with E-state index in [2.05, 4.69) is 32.1 Å². The van der Waals surface area contributed by atoms with Gasteiger partial charge < -0.3 is 4.79 Å². The zero-order valence-corrected chi connectivity index (χ0v) is 11.8. The minimum atomic E-state index is -0.134. The topological polar surface area (TPSA) is 17.1 Å². The molecule has 1 unspecified atom stereocenters. The van der Waals surface area contributed by atoms with Gasteiger partial charge in [-0.1, -0.05) is 49.7 Å². The number of benzene rings is 1. The molecule has 0 bridgehead atoms. The van der Waals surface area contributed by atoms with E-state index in [0.717, 1.165) is 20.5 Å². The van der Waals surface area contributed by atoms with Crippen LogP contribution >= 0.6 is 22.9 Å². The second-order valence-corrected chi connectivity index (χ2v) is 6.75. The summed E-state index contributed by atoms with van der Waals surface area (Å²) >= 11 is 7.90. The minimum Gasteiger partial charge on any atom is -0.303 e. The van der Waals surface area contributed by atoms with Crippen molar-refractivity contribution in [2.24, 2.45) is 11.3 Å². The molecule has 0 radical (unpaired) electrons. The maximum Gasteiger partial charge on any atom is 0.127 e. The smallest absolute Gasteiger partial charge is 0.127 e. The van der Waals surface area contributed by atoms with Gasteiger partial charge in [-0.15, -0.1) is 11.3 Å². The molecule has 0 N–H and O–H groups in total. The van der Waals surface area contributed by atoms with Gasteiger partial charge in [0.2, 0.25) is 0 Å². The van der Waals surface area contributed by atoms with Crippen molar-refractivity contribution in [1.29, 1.82) is 0 Å². The summed E-state index contributed by atoms with van der Waals surface area (Å²) in [7, 11) is 0. The van der Waals surface area contributed by atoms with E-state index in [9.17, 15) is 4.79 Å². The third-order valence-electron chi connectivity index (χ3n) is 3.59. The quantitative estimate of drug-likeness (QED) is 0.732. The first kappa shape index (κ1) is 11.9. The van der Waals surface area contributed by atoms with Gasteiger partial charge in [0.15, 0.2) is 0 Å². The van der Waals surface area contributed by atoms with Gasteiger partial charge >= 0.3 is 0 Å². The second kappa shape index (κ2) is 3.94. The lowest BCUT2D eigenvalue weighted by Gasteiger charge is -2.26. The van der Waals surface area contributed by atoms with E-state index < -0.39 is 0 Å². The predicted molar refractivity (Wildman–Crippen MR) is 78.4 cm³/mol. The molecule has 92 valence electrons. The lowest BCUT2D eigenvalue weighted by atomic mass is 9.77. The molecule has 0 saturated carbocycles. The standard InChI is InChI=1S/C15H13ClOS/c1-15(2)7-11-10-4-3-5-12(16)14(10)18-13(11)6-9(15)8-17/h3-9H,1-2H3. The summed E-state index contributed by atoms with van der Waals surface area (Å²) in [6, 6.07) is 5.98. The van der Waals surface area contributed by atoms with Crippen molar-refractivity contribution in [3.63, 3.8) is 0 Å². The van der Waals surface area contributed by atoms with Crippen molar-refractivity contribution in [3.05, 3.63) is 33.0 Å². The number of rotatable bonds is 1. The Morgan fingerprint density at radius 3 is 2.89 bits per heavy atom. The van der Waals surface area contributed by atoms with E-state index in [1.54, 1.807) is 11.3 Å². The largest absolute Gasteiger partial charge is 0.303 e. The monoisotopic (exact) mass is 276 g/mol. The average molecular weight is 277 g/mol. The number of halogens is 1. The summed E-state index contributed by atoms with van der Waals surface area (Å²) < 4.78 is 2.27. The van der Waals surface area contributed by atoms with Gasteiger partial charge in [0.25, 0.3) is 0 Å². The molecule has 1 aliphatic rings. The van der Waals surface area contributed by atoms with Crippen LogP contribution in [-0.4, -0.2) is 6.29 Å². The Balaban J connectivity index is 2.47. The fraction of sp³-hybridized carbons (Fsp3) is 0.267. The summed E-state index contributed by atoms with van der Waals surface area (Å²) in [4.78, 5) is 11.2. The van der Waals surface area contributed by atoms with Crippen LogP contribution in [0.4, 0.5) is 0 Å². The zero-order valence-electron chi connectivity index (χ0n) is 10.2. The number of carbonyl (C=O) groups excluding carboxylic acids is 1. The van der Waals surface area contributed by atoms with Crippen LogP contribution in [0.1, 0.15) is 13.8 Å². The van der Waals surface area contributed by atoms with Crippen LogP contribution in [0.15, 0.2) is 18.2 Å². The first-order valence-electron chi connectivity index (χ1n) is 5.90. The molecule has 0 spiro atoms. The van der Waals surface area contributed by atoms with Crippen molar-refractivity contribution in [1.82, 2.24) is 0 Å². The maximum atomic E-state index is 11.2. The number of hydrogen-bond acceptors (Lipinski definition) is 2. The fourth-order valence-corrected chi connectivity index (χ4v) is 3.91. The molecule has 0 amide bonds. The number of aldehydes is 1. The SMILES string of the molecule is CC1(C)C=c2c(sc3c(Cl)cccc23)=CC1C=O. The predicted octanol–water partition coefficient (Wildman–Crippen LogP) is 2.97. The van der Waals surface area contributed by atoms with Gasteiger partial charge in [0.1, 0.15) is 6.29 Å². The molecule has 1 nitrogen and oxygen atoms in total. The van der Waals surface area contributed by atoms with E-state index in [1.165, 1.54) is 10.6 Å². The van der Waals surface area contributed by atoms with Crippen molar-refractivity contribution in [2.75, 3.05) is 0 Å². The highest BCUT2D eigenvalue weighted by Crippen LogP contribution is 2.32. The van der Waals surface area contributed by atoms with Crippen LogP contribution in [0.2, 0.25) is 5.02 Å². The molecule has 0 fully saturated rings. The van der Waals surface area contributed by atoms with Gasteiger partial charge in [-0.2, -0.15) is 0 Å². The van der Waals surface area contributed by atoms with E-state index in [1.807, 2.05) is 12.1 Å². The average Bonchev–Trinajstić information content (AvgIpc) is 2.66. The summed E-state index contributed by atoms with van der Waals surface area (Å²) in [6.07, 6.45) is 5.31. The van der Waals surface area contributed by atoms with Crippen LogP contribution in [0.3, 0.4) is 0 Å². The Morgan fingerprint density at radius 2 is 2.17 bits per heavy atom.